The van der Waals surface area contributed by atoms with Gasteiger partial charge in [0.05, 0.1) is 13.2 Å². The number of rotatable bonds is 4. The highest BCUT2D eigenvalue weighted by Gasteiger charge is 2.29. The Balaban J connectivity index is 1.68. The van der Waals surface area contributed by atoms with E-state index >= 15 is 0 Å². The van der Waals surface area contributed by atoms with E-state index in [0.29, 0.717) is 5.96 Å². The van der Waals surface area contributed by atoms with Crippen molar-refractivity contribution in [2.45, 2.75) is 32.6 Å². The van der Waals surface area contributed by atoms with Crippen LogP contribution < -0.4 is 11.1 Å². The van der Waals surface area contributed by atoms with Crippen LogP contribution in [0.5, 0.6) is 0 Å². The lowest BCUT2D eigenvalue weighted by Gasteiger charge is -2.25. The lowest BCUT2D eigenvalue weighted by Crippen LogP contribution is -2.38. The van der Waals surface area contributed by atoms with Crippen molar-refractivity contribution in [2.75, 3.05) is 26.3 Å². The molecule has 16 heavy (non-hydrogen) atoms. The quantitative estimate of drug-likeness (QED) is 0.557. The van der Waals surface area contributed by atoms with Crippen molar-refractivity contribution >= 4 is 5.96 Å². The number of guanidine groups is 1. The molecule has 4 heteroatoms. The zero-order valence-corrected chi connectivity index (χ0v) is 10.2. The van der Waals surface area contributed by atoms with Crippen molar-refractivity contribution in [3.05, 3.63) is 0 Å². The highest BCUT2D eigenvalue weighted by Crippen LogP contribution is 2.28. The molecule has 3 N–H and O–H groups in total. The largest absolute Gasteiger partial charge is 0.381 e. The summed E-state index contributed by atoms with van der Waals surface area (Å²) in [5, 5.41) is 3.21. The molecule has 0 aromatic rings. The van der Waals surface area contributed by atoms with Crippen molar-refractivity contribution in [3.8, 4) is 0 Å². The second kappa shape index (κ2) is 5.04. The van der Waals surface area contributed by atoms with Gasteiger partial charge in [-0.2, -0.15) is 0 Å². The van der Waals surface area contributed by atoms with Crippen LogP contribution in [0.1, 0.15) is 32.6 Å². The van der Waals surface area contributed by atoms with E-state index in [1.165, 1.54) is 19.3 Å². The zero-order chi connectivity index (χ0) is 11.4. The molecular weight excluding hydrogens is 202 g/mol. The maximum atomic E-state index is 5.84. The van der Waals surface area contributed by atoms with E-state index in [1.54, 1.807) is 0 Å². The number of hydrogen-bond acceptors (Lipinski definition) is 2. The van der Waals surface area contributed by atoms with Gasteiger partial charge in [-0.3, -0.25) is 4.99 Å². The number of hydrogen-bond donors (Lipinski definition) is 2. The summed E-state index contributed by atoms with van der Waals surface area (Å²) in [5.74, 6) is 1.42. The summed E-state index contributed by atoms with van der Waals surface area (Å²) in [5.41, 5.74) is 6.03. The van der Waals surface area contributed by atoms with E-state index in [2.05, 4.69) is 17.2 Å². The minimum Gasteiger partial charge on any atom is -0.381 e. The van der Waals surface area contributed by atoms with Gasteiger partial charge in [-0.1, -0.05) is 13.3 Å². The smallest absolute Gasteiger partial charge is 0.188 e. The zero-order valence-electron chi connectivity index (χ0n) is 10.2. The van der Waals surface area contributed by atoms with Crippen LogP contribution in [0, 0.1) is 11.3 Å². The van der Waals surface area contributed by atoms with Gasteiger partial charge in [-0.05, 0) is 25.2 Å². The number of ether oxygens (including phenoxy) is 1. The Morgan fingerprint density at radius 2 is 2.38 bits per heavy atom. The first kappa shape index (κ1) is 11.7. The molecule has 0 aromatic heterocycles. The second-order valence-electron chi connectivity index (χ2n) is 5.49. The topological polar surface area (TPSA) is 59.6 Å². The summed E-state index contributed by atoms with van der Waals surface area (Å²) < 4.78 is 5.39. The molecule has 4 nitrogen and oxygen atoms in total. The van der Waals surface area contributed by atoms with Crippen LogP contribution in [0.3, 0.4) is 0 Å². The average Bonchev–Trinajstić information content (AvgIpc) is 2.61. The molecular formula is C12H23N3O. The highest BCUT2D eigenvalue weighted by atomic mass is 16.5. The van der Waals surface area contributed by atoms with Gasteiger partial charge in [-0.25, -0.2) is 0 Å². The first-order valence-corrected chi connectivity index (χ1v) is 6.29. The molecule has 0 aromatic carbocycles. The molecule has 1 aliphatic heterocycles. The van der Waals surface area contributed by atoms with Gasteiger partial charge in [0.15, 0.2) is 5.96 Å². The molecule has 2 aliphatic rings. The molecule has 1 unspecified atom stereocenters. The van der Waals surface area contributed by atoms with Crippen LogP contribution in [0.15, 0.2) is 4.99 Å². The fourth-order valence-corrected chi connectivity index (χ4v) is 2.11. The minimum absolute atomic E-state index is 0.197. The lowest BCUT2D eigenvalue weighted by atomic mass is 9.85. The van der Waals surface area contributed by atoms with Crippen molar-refractivity contribution in [1.82, 2.24) is 5.32 Å². The molecule has 1 saturated carbocycles. The van der Waals surface area contributed by atoms with Crippen molar-refractivity contribution in [1.29, 1.82) is 0 Å². The molecule has 1 heterocycles. The number of nitrogens with two attached hydrogens (primary N) is 1. The van der Waals surface area contributed by atoms with E-state index in [1.807, 2.05) is 0 Å². The summed E-state index contributed by atoms with van der Waals surface area (Å²) in [6.07, 6.45) is 5.14. The Morgan fingerprint density at radius 3 is 2.94 bits per heavy atom. The minimum atomic E-state index is 0.197. The van der Waals surface area contributed by atoms with Crippen molar-refractivity contribution in [3.63, 3.8) is 0 Å². The summed E-state index contributed by atoms with van der Waals surface area (Å²) >= 11 is 0. The van der Waals surface area contributed by atoms with E-state index in [9.17, 15) is 0 Å². The fourth-order valence-electron chi connectivity index (χ4n) is 2.11. The Kier molecular flexibility index (Phi) is 3.69. The fraction of sp³-hybridized carbons (Fsp3) is 0.917. The molecule has 2 rings (SSSR count). The lowest BCUT2D eigenvalue weighted by molar-refractivity contribution is 0.163. The number of nitrogens with zero attached hydrogens (tertiary/aromatic N) is 1. The summed E-state index contributed by atoms with van der Waals surface area (Å²) in [4.78, 5) is 4.41. The second-order valence-corrected chi connectivity index (χ2v) is 5.49. The Hall–Kier alpha value is -0.770. The molecule has 0 bridgehead atoms. The van der Waals surface area contributed by atoms with Crippen LogP contribution in [0.4, 0.5) is 0 Å². The van der Waals surface area contributed by atoms with Gasteiger partial charge in [-0.15, -0.1) is 0 Å². The van der Waals surface area contributed by atoms with Gasteiger partial charge < -0.3 is 15.8 Å². The van der Waals surface area contributed by atoms with Crippen LogP contribution >= 0.6 is 0 Å². The van der Waals surface area contributed by atoms with Gasteiger partial charge in [0.25, 0.3) is 0 Å². The van der Waals surface area contributed by atoms with Crippen molar-refractivity contribution in [2.24, 2.45) is 22.1 Å². The van der Waals surface area contributed by atoms with Crippen LogP contribution in [-0.2, 0) is 4.74 Å². The number of aliphatic imine (C=N–C) groups is 1. The highest BCUT2D eigenvalue weighted by molar-refractivity contribution is 5.77. The van der Waals surface area contributed by atoms with Crippen LogP contribution in [-0.4, -0.2) is 32.3 Å². The Morgan fingerprint density at radius 1 is 1.56 bits per heavy atom. The van der Waals surface area contributed by atoms with Gasteiger partial charge in [0.1, 0.15) is 0 Å². The standard InChI is InChI=1S/C12H23N3O/c1-12(5-6-16-9-12)8-15-11(13)14-7-10-3-2-4-10/h10H,2-9H2,1H3,(H3,13,14,15). The third-order valence-electron chi connectivity index (χ3n) is 3.73. The molecule has 1 saturated heterocycles. The van der Waals surface area contributed by atoms with E-state index in [0.717, 1.165) is 38.6 Å². The van der Waals surface area contributed by atoms with E-state index in [-0.39, 0.29) is 5.41 Å². The third kappa shape index (κ3) is 3.11. The molecule has 0 spiro atoms. The SMILES string of the molecule is CC1(CN=C(N)NCC2CCC2)CCOC1. The molecule has 0 amide bonds. The van der Waals surface area contributed by atoms with Gasteiger partial charge in [0.2, 0.25) is 0 Å². The summed E-state index contributed by atoms with van der Waals surface area (Å²) in [7, 11) is 0. The van der Waals surface area contributed by atoms with Gasteiger partial charge in [0, 0.05) is 18.6 Å². The molecule has 0 radical (unpaired) electrons. The summed E-state index contributed by atoms with van der Waals surface area (Å²) in [6.45, 7) is 5.65. The Bertz CT molecular complexity index is 255. The van der Waals surface area contributed by atoms with E-state index < -0.39 is 0 Å². The molecule has 1 atom stereocenters. The predicted octanol–water partition coefficient (Wildman–Crippen LogP) is 1.12. The van der Waals surface area contributed by atoms with Gasteiger partial charge >= 0.3 is 0 Å². The monoisotopic (exact) mass is 225 g/mol. The maximum Gasteiger partial charge on any atom is 0.188 e. The van der Waals surface area contributed by atoms with Crippen LogP contribution in [0.2, 0.25) is 0 Å². The molecule has 92 valence electrons. The first-order chi connectivity index (χ1) is 7.68. The summed E-state index contributed by atoms with van der Waals surface area (Å²) in [6, 6.07) is 0. The molecule has 1 aliphatic carbocycles. The van der Waals surface area contributed by atoms with Crippen LogP contribution in [0.25, 0.3) is 0 Å². The third-order valence-corrected chi connectivity index (χ3v) is 3.73. The average molecular weight is 225 g/mol. The molecule has 2 fully saturated rings. The number of nitrogens with one attached hydrogen (secondary N) is 1. The Labute approximate surface area is 97.6 Å². The normalized spacial score (nSPS) is 31.4. The van der Waals surface area contributed by atoms with E-state index in [4.69, 9.17) is 10.5 Å². The predicted molar refractivity (Wildman–Crippen MR) is 65.4 cm³/mol. The maximum absolute atomic E-state index is 5.84. The first-order valence-electron chi connectivity index (χ1n) is 6.29. The van der Waals surface area contributed by atoms with Crippen molar-refractivity contribution < 1.29 is 4.74 Å².